The van der Waals surface area contributed by atoms with Crippen LogP contribution < -0.4 is 4.72 Å². The smallest absolute Gasteiger partial charge is 0.256 e. The van der Waals surface area contributed by atoms with E-state index < -0.39 is 10.0 Å². The van der Waals surface area contributed by atoms with Gasteiger partial charge in [-0.25, -0.2) is 17.9 Å². The van der Waals surface area contributed by atoms with Crippen molar-refractivity contribution in [3.8, 4) is 0 Å². The van der Waals surface area contributed by atoms with Gasteiger partial charge >= 0.3 is 0 Å². The average Bonchev–Trinajstić information content (AvgIpc) is 3.10. The Balaban J connectivity index is 1.77. The first-order valence-electron chi connectivity index (χ1n) is 10.8. The quantitative estimate of drug-likeness (QED) is 0.648. The van der Waals surface area contributed by atoms with Crippen LogP contribution >= 0.6 is 0 Å². The van der Waals surface area contributed by atoms with Crippen molar-refractivity contribution >= 4 is 27.3 Å². The van der Waals surface area contributed by atoms with Crippen LogP contribution in [0, 0.1) is 26.7 Å². The number of nitrogens with zero attached hydrogens (tertiary/aromatic N) is 4. The van der Waals surface area contributed by atoms with E-state index in [-0.39, 0.29) is 17.9 Å². The molecule has 1 saturated heterocycles. The van der Waals surface area contributed by atoms with Gasteiger partial charge in [0.15, 0.2) is 5.65 Å². The number of amides is 1. The van der Waals surface area contributed by atoms with E-state index in [0.29, 0.717) is 17.8 Å². The number of aryl methyl sites for hydroxylation is 3. The molecular weight excluding hydrogens is 426 g/mol. The third-order valence-corrected chi connectivity index (χ3v) is 6.69. The summed E-state index contributed by atoms with van der Waals surface area (Å²) in [6, 6.07) is 6.91. The highest BCUT2D eigenvalue weighted by molar-refractivity contribution is 7.92. The molecule has 3 heterocycles. The first kappa shape index (κ1) is 22.3. The third-order valence-electron chi connectivity index (χ3n) is 6.10. The fourth-order valence-corrected chi connectivity index (χ4v) is 4.99. The van der Waals surface area contributed by atoms with E-state index in [1.54, 1.807) is 22.7 Å². The zero-order valence-electron chi connectivity index (χ0n) is 19.1. The number of hydrogen-bond acceptors (Lipinski definition) is 5. The van der Waals surface area contributed by atoms with Crippen LogP contribution in [0.25, 0.3) is 5.65 Å². The Bertz CT molecular complexity index is 1260. The second-order valence-corrected chi connectivity index (χ2v) is 10.6. The van der Waals surface area contributed by atoms with Crippen molar-refractivity contribution in [3.05, 3.63) is 58.5 Å². The summed E-state index contributed by atoms with van der Waals surface area (Å²) in [6.45, 7) is 8.56. The molecule has 0 saturated carbocycles. The van der Waals surface area contributed by atoms with Crippen molar-refractivity contribution in [2.75, 3.05) is 17.5 Å². The van der Waals surface area contributed by atoms with Gasteiger partial charge in [0.2, 0.25) is 10.0 Å². The van der Waals surface area contributed by atoms with Gasteiger partial charge in [0.05, 0.1) is 29.2 Å². The highest BCUT2D eigenvalue weighted by atomic mass is 32.2. The molecule has 0 radical (unpaired) electrons. The molecule has 0 aliphatic carbocycles. The predicted molar refractivity (Wildman–Crippen MR) is 124 cm³/mol. The summed E-state index contributed by atoms with van der Waals surface area (Å²) in [5.41, 5.74) is 5.08. The Morgan fingerprint density at radius 2 is 1.94 bits per heavy atom. The van der Waals surface area contributed by atoms with E-state index in [4.69, 9.17) is 5.10 Å². The monoisotopic (exact) mass is 455 g/mol. The van der Waals surface area contributed by atoms with Crippen molar-refractivity contribution in [2.45, 2.75) is 46.6 Å². The van der Waals surface area contributed by atoms with E-state index in [1.807, 2.05) is 37.9 Å². The molecule has 1 amide bonds. The number of carbonyl (C=O) groups excluding carboxylic acids is 1. The number of nitrogens with one attached hydrogen (secondary N) is 1. The Hall–Kier alpha value is -2.94. The Morgan fingerprint density at radius 3 is 2.66 bits per heavy atom. The molecule has 8 nitrogen and oxygen atoms in total. The molecule has 1 aliphatic rings. The molecule has 9 heteroatoms. The number of rotatable bonds is 4. The maximum absolute atomic E-state index is 13.8. The molecule has 32 heavy (non-hydrogen) atoms. The first-order valence-corrected chi connectivity index (χ1v) is 12.7. The van der Waals surface area contributed by atoms with Gasteiger partial charge in [0.25, 0.3) is 5.91 Å². The van der Waals surface area contributed by atoms with E-state index in [9.17, 15) is 13.2 Å². The summed E-state index contributed by atoms with van der Waals surface area (Å²) in [6.07, 6.45) is 4.90. The lowest BCUT2D eigenvalue weighted by Crippen LogP contribution is -2.42. The summed E-state index contributed by atoms with van der Waals surface area (Å²) < 4.78 is 28.0. The molecule has 2 atom stereocenters. The minimum Gasteiger partial charge on any atom is -0.330 e. The van der Waals surface area contributed by atoms with Gasteiger partial charge in [-0.15, -0.1) is 0 Å². The van der Waals surface area contributed by atoms with Crippen molar-refractivity contribution in [3.63, 3.8) is 0 Å². The van der Waals surface area contributed by atoms with Crippen LogP contribution in [0.2, 0.25) is 0 Å². The fourth-order valence-electron chi connectivity index (χ4n) is 4.41. The molecule has 4 rings (SSSR count). The van der Waals surface area contributed by atoms with E-state index in [2.05, 4.69) is 16.6 Å². The number of carbonyl (C=O) groups is 1. The molecular formula is C23H29N5O3S. The summed E-state index contributed by atoms with van der Waals surface area (Å²) >= 11 is 0. The number of benzene rings is 1. The van der Waals surface area contributed by atoms with Crippen LogP contribution in [0.15, 0.2) is 30.5 Å². The SMILES string of the molecule is Cc1ccc(NS(C)(=O)=O)c(C(=O)N2CCC[C@H](C)[C@H]2c2cc3nc(C)c(C)cn3n2)c1. The normalized spacial score (nSPS) is 19.3. The molecule has 0 bridgehead atoms. The lowest BCUT2D eigenvalue weighted by molar-refractivity contribution is 0.0505. The topological polar surface area (TPSA) is 96.7 Å². The summed E-state index contributed by atoms with van der Waals surface area (Å²) in [4.78, 5) is 20.2. The highest BCUT2D eigenvalue weighted by Crippen LogP contribution is 2.37. The Kier molecular flexibility index (Phi) is 5.70. The maximum atomic E-state index is 13.8. The minimum absolute atomic E-state index is 0.200. The van der Waals surface area contributed by atoms with Crippen molar-refractivity contribution in [1.82, 2.24) is 19.5 Å². The van der Waals surface area contributed by atoms with Crippen molar-refractivity contribution < 1.29 is 13.2 Å². The summed E-state index contributed by atoms with van der Waals surface area (Å²) in [5.74, 6) is 0.00436. The lowest BCUT2D eigenvalue weighted by Gasteiger charge is -2.39. The van der Waals surface area contributed by atoms with Crippen LogP contribution in [0.1, 0.15) is 58.7 Å². The average molecular weight is 456 g/mol. The molecule has 0 unspecified atom stereocenters. The van der Waals surface area contributed by atoms with E-state index in [0.717, 1.165) is 47.3 Å². The molecule has 170 valence electrons. The molecule has 1 fully saturated rings. The zero-order chi connectivity index (χ0) is 23.2. The molecule has 2 aromatic heterocycles. The van der Waals surface area contributed by atoms with Crippen LogP contribution in [-0.4, -0.2) is 46.6 Å². The standard InChI is InChI=1S/C23H29N5O3S/c1-14-8-9-19(26-32(5,30)31)18(11-14)23(29)27-10-6-7-15(2)22(27)20-12-21-24-17(4)16(3)13-28(21)25-20/h8-9,11-13,15,22,26H,6-7,10H2,1-5H3/t15-,22-/m0/s1. The first-order chi connectivity index (χ1) is 15.0. The number of likely N-dealkylation sites (tertiary alicyclic amines) is 1. The van der Waals surface area contributed by atoms with E-state index in [1.165, 1.54) is 0 Å². The number of fused-ring (bicyclic) bond motifs is 1. The number of aromatic nitrogens is 3. The molecule has 1 N–H and O–H groups in total. The molecule has 3 aromatic rings. The van der Waals surface area contributed by atoms with Crippen molar-refractivity contribution in [2.24, 2.45) is 5.92 Å². The van der Waals surface area contributed by atoms with Gasteiger partial charge in [-0.2, -0.15) is 5.10 Å². The van der Waals surface area contributed by atoms with Gasteiger partial charge in [0.1, 0.15) is 0 Å². The minimum atomic E-state index is -3.52. The number of hydrogen-bond donors (Lipinski definition) is 1. The van der Waals surface area contributed by atoms with Gasteiger partial charge in [-0.3, -0.25) is 9.52 Å². The van der Waals surface area contributed by atoms with Gasteiger partial charge in [0, 0.05) is 24.5 Å². The van der Waals surface area contributed by atoms with Crippen LogP contribution in [0.3, 0.4) is 0 Å². The summed E-state index contributed by atoms with van der Waals surface area (Å²) in [7, 11) is -3.52. The van der Waals surface area contributed by atoms with Gasteiger partial charge in [-0.1, -0.05) is 18.6 Å². The Labute approximate surface area is 188 Å². The maximum Gasteiger partial charge on any atom is 0.256 e. The third kappa shape index (κ3) is 4.34. The van der Waals surface area contributed by atoms with E-state index >= 15 is 0 Å². The molecule has 1 aromatic carbocycles. The van der Waals surface area contributed by atoms with Gasteiger partial charge < -0.3 is 4.90 Å². The molecule has 0 spiro atoms. The van der Waals surface area contributed by atoms with Crippen LogP contribution in [0.5, 0.6) is 0 Å². The predicted octanol–water partition coefficient (Wildman–Crippen LogP) is 3.64. The Morgan fingerprint density at radius 1 is 1.19 bits per heavy atom. The van der Waals surface area contributed by atoms with Gasteiger partial charge in [-0.05, 0) is 57.2 Å². The lowest BCUT2D eigenvalue weighted by atomic mass is 9.88. The second-order valence-electron chi connectivity index (χ2n) is 8.87. The largest absolute Gasteiger partial charge is 0.330 e. The van der Waals surface area contributed by atoms with Crippen LogP contribution in [-0.2, 0) is 10.0 Å². The zero-order valence-corrected chi connectivity index (χ0v) is 19.9. The molecule has 1 aliphatic heterocycles. The number of anilines is 1. The number of sulfonamides is 1. The fraction of sp³-hybridized carbons (Fsp3) is 0.435. The second kappa shape index (κ2) is 8.20. The van der Waals surface area contributed by atoms with Crippen LogP contribution in [0.4, 0.5) is 5.69 Å². The highest BCUT2D eigenvalue weighted by Gasteiger charge is 2.36. The summed E-state index contributed by atoms with van der Waals surface area (Å²) in [5, 5.41) is 4.76. The number of piperidine rings is 1. The van der Waals surface area contributed by atoms with Crippen molar-refractivity contribution in [1.29, 1.82) is 0 Å².